The first kappa shape index (κ1) is 13.4. The molecule has 0 bridgehead atoms. The highest BCUT2D eigenvalue weighted by Crippen LogP contribution is 2.41. The van der Waals surface area contributed by atoms with E-state index in [9.17, 15) is 9.59 Å². The number of carbonyl (C=O) groups excluding carboxylic acids is 2. The zero-order chi connectivity index (χ0) is 14.3. The summed E-state index contributed by atoms with van der Waals surface area (Å²) in [6.45, 7) is 0. The van der Waals surface area contributed by atoms with Gasteiger partial charge < -0.3 is 9.64 Å². The quantitative estimate of drug-likeness (QED) is 0.787. The number of methoxy groups -OCH3 is 1. The molecular formula is C15H16ClNO3. The van der Waals surface area contributed by atoms with E-state index < -0.39 is 6.04 Å². The van der Waals surface area contributed by atoms with Crippen molar-refractivity contribution in [3.05, 3.63) is 34.3 Å². The van der Waals surface area contributed by atoms with E-state index in [0.717, 1.165) is 18.4 Å². The first-order chi connectivity index (χ1) is 9.61. The van der Waals surface area contributed by atoms with Crippen LogP contribution in [-0.4, -0.2) is 29.9 Å². The molecule has 1 aliphatic carbocycles. The van der Waals surface area contributed by atoms with Crippen LogP contribution in [0.15, 0.2) is 18.2 Å². The number of benzene rings is 1. The van der Waals surface area contributed by atoms with Gasteiger partial charge in [0.1, 0.15) is 6.04 Å². The molecule has 1 aromatic carbocycles. The van der Waals surface area contributed by atoms with E-state index in [1.807, 2.05) is 18.2 Å². The van der Waals surface area contributed by atoms with Crippen molar-refractivity contribution in [3.8, 4) is 0 Å². The van der Waals surface area contributed by atoms with Crippen molar-refractivity contribution < 1.29 is 14.3 Å². The van der Waals surface area contributed by atoms with E-state index in [4.69, 9.17) is 16.3 Å². The molecule has 5 heteroatoms. The Balaban J connectivity index is 1.93. The minimum atomic E-state index is -0.445. The fraction of sp³-hybridized carbons (Fsp3) is 0.467. The lowest BCUT2D eigenvalue weighted by Gasteiger charge is -2.29. The Morgan fingerprint density at radius 1 is 1.35 bits per heavy atom. The molecule has 1 aromatic rings. The third kappa shape index (κ3) is 2.08. The molecule has 2 aliphatic rings. The lowest BCUT2D eigenvalue weighted by Crippen LogP contribution is -2.41. The van der Waals surface area contributed by atoms with Crippen molar-refractivity contribution in [2.45, 2.75) is 37.8 Å². The lowest BCUT2D eigenvalue weighted by molar-refractivity contribution is -0.150. The number of amides is 1. The molecule has 0 saturated carbocycles. The summed E-state index contributed by atoms with van der Waals surface area (Å²) in [6, 6.07) is 5.28. The number of esters is 1. The summed E-state index contributed by atoms with van der Waals surface area (Å²) in [5, 5.41) is 0.710. The summed E-state index contributed by atoms with van der Waals surface area (Å²) in [5.41, 5.74) is 2.28. The maximum atomic E-state index is 12.2. The van der Waals surface area contributed by atoms with Gasteiger partial charge in [-0.15, -0.1) is 0 Å². The molecule has 1 amide bonds. The van der Waals surface area contributed by atoms with Gasteiger partial charge in [0.15, 0.2) is 0 Å². The number of aryl methyl sites for hydroxylation is 1. The van der Waals surface area contributed by atoms with E-state index in [-0.39, 0.29) is 17.9 Å². The van der Waals surface area contributed by atoms with Crippen molar-refractivity contribution in [1.82, 2.24) is 4.90 Å². The van der Waals surface area contributed by atoms with Crippen LogP contribution in [-0.2, 0) is 20.7 Å². The van der Waals surface area contributed by atoms with Crippen LogP contribution in [0.3, 0.4) is 0 Å². The Kier molecular flexibility index (Phi) is 3.42. The van der Waals surface area contributed by atoms with E-state index in [1.54, 1.807) is 4.90 Å². The normalized spacial score (nSPS) is 24.9. The number of nitrogens with zero attached hydrogens (tertiary/aromatic N) is 1. The Hall–Kier alpha value is -1.55. The maximum Gasteiger partial charge on any atom is 0.328 e. The first-order valence-electron chi connectivity index (χ1n) is 6.79. The van der Waals surface area contributed by atoms with E-state index in [1.165, 1.54) is 12.7 Å². The van der Waals surface area contributed by atoms with Crippen molar-refractivity contribution in [2.24, 2.45) is 0 Å². The van der Waals surface area contributed by atoms with Crippen LogP contribution < -0.4 is 0 Å². The van der Waals surface area contributed by atoms with Crippen LogP contribution in [0.4, 0.5) is 0 Å². The van der Waals surface area contributed by atoms with Crippen molar-refractivity contribution >= 4 is 23.5 Å². The second-order valence-electron chi connectivity index (χ2n) is 5.28. The maximum absolute atomic E-state index is 12.2. The molecule has 1 heterocycles. The van der Waals surface area contributed by atoms with Crippen LogP contribution in [0, 0.1) is 0 Å². The van der Waals surface area contributed by atoms with Gasteiger partial charge in [0.05, 0.1) is 13.2 Å². The van der Waals surface area contributed by atoms with Crippen molar-refractivity contribution in [3.63, 3.8) is 0 Å². The third-order valence-electron chi connectivity index (χ3n) is 4.22. The predicted octanol–water partition coefficient (Wildman–Crippen LogP) is 2.49. The van der Waals surface area contributed by atoms with E-state index >= 15 is 0 Å². The highest BCUT2D eigenvalue weighted by molar-refractivity contribution is 6.30. The smallest absolute Gasteiger partial charge is 0.328 e. The van der Waals surface area contributed by atoms with Gasteiger partial charge in [-0.05, 0) is 42.5 Å². The van der Waals surface area contributed by atoms with Crippen molar-refractivity contribution in [2.75, 3.05) is 7.11 Å². The molecule has 0 aromatic heterocycles. The highest BCUT2D eigenvalue weighted by Gasteiger charge is 2.43. The Morgan fingerprint density at radius 3 is 2.90 bits per heavy atom. The van der Waals surface area contributed by atoms with Gasteiger partial charge in [0, 0.05) is 11.4 Å². The average Bonchev–Trinajstić information content (AvgIpc) is 3.00. The molecule has 106 valence electrons. The summed E-state index contributed by atoms with van der Waals surface area (Å²) >= 11 is 6.01. The molecule has 0 N–H and O–H groups in total. The SMILES string of the molecule is COC(=O)C1CCC(=O)N1C1CCc2cc(Cl)ccc21. The monoisotopic (exact) mass is 293 g/mol. The molecule has 3 rings (SSSR count). The van der Waals surface area contributed by atoms with E-state index in [0.29, 0.717) is 17.9 Å². The van der Waals surface area contributed by atoms with Gasteiger partial charge in [-0.1, -0.05) is 17.7 Å². The standard InChI is InChI=1S/C15H16ClNO3/c1-20-15(19)13-6-7-14(18)17(13)12-5-2-9-8-10(16)3-4-11(9)12/h3-4,8,12-13H,2,5-7H2,1H3. The molecule has 0 spiro atoms. The molecule has 1 fully saturated rings. The zero-order valence-electron chi connectivity index (χ0n) is 11.3. The Morgan fingerprint density at radius 2 is 2.15 bits per heavy atom. The first-order valence-corrected chi connectivity index (χ1v) is 7.17. The van der Waals surface area contributed by atoms with E-state index in [2.05, 4.69) is 0 Å². The number of hydrogen-bond donors (Lipinski definition) is 0. The fourth-order valence-corrected chi connectivity index (χ4v) is 3.51. The second kappa shape index (κ2) is 5.09. The predicted molar refractivity (Wildman–Crippen MR) is 74.4 cm³/mol. The molecule has 2 atom stereocenters. The number of likely N-dealkylation sites (tertiary alicyclic amines) is 1. The van der Waals surface area contributed by atoms with Gasteiger partial charge in [-0.2, -0.15) is 0 Å². The van der Waals surface area contributed by atoms with Crippen LogP contribution in [0.5, 0.6) is 0 Å². The molecule has 2 unspecified atom stereocenters. The van der Waals surface area contributed by atoms with Gasteiger partial charge >= 0.3 is 5.97 Å². The molecule has 20 heavy (non-hydrogen) atoms. The fourth-order valence-electron chi connectivity index (χ4n) is 3.31. The number of halogens is 1. The molecule has 1 saturated heterocycles. The summed E-state index contributed by atoms with van der Waals surface area (Å²) in [5.74, 6) is -0.286. The largest absolute Gasteiger partial charge is 0.467 e. The van der Waals surface area contributed by atoms with Crippen molar-refractivity contribution in [1.29, 1.82) is 0 Å². The number of ether oxygens (including phenoxy) is 1. The van der Waals surface area contributed by atoms with Crippen LogP contribution >= 0.6 is 11.6 Å². The summed E-state index contributed by atoms with van der Waals surface area (Å²) in [7, 11) is 1.37. The van der Waals surface area contributed by atoms with Gasteiger partial charge in [0.25, 0.3) is 0 Å². The zero-order valence-corrected chi connectivity index (χ0v) is 12.0. The van der Waals surface area contributed by atoms with Gasteiger partial charge in [-0.3, -0.25) is 4.79 Å². The Labute approximate surface area is 122 Å². The number of hydrogen-bond acceptors (Lipinski definition) is 3. The highest BCUT2D eigenvalue weighted by atomic mass is 35.5. The third-order valence-corrected chi connectivity index (χ3v) is 4.45. The average molecular weight is 294 g/mol. The lowest BCUT2D eigenvalue weighted by atomic mass is 10.1. The second-order valence-corrected chi connectivity index (χ2v) is 5.71. The Bertz CT molecular complexity index is 572. The van der Waals surface area contributed by atoms with Gasteiger partial charge in [-0.25, -0.2) is 4.79 Å². The molecule has 1 aliphatic heterocycles. The molecule has 0 radical (unpaired) electrons. The molecule has 4 nitrogen and oxygen atoms in total. The summed E-state index contributed by atoms with van der Waals surface area (Å²) in [4.78, 5) is 25.7. The minimum Gasteiger partial charge on any atom is -0.467 e. The number of carbonyl (C=O) groups is 2. The van der Waals surface area contributed by atoms with Crippen LogP contribution in [0.25, 0.3) is 0 Å². The minimum absolute atomic E-state index is 0.0265. The number of fused-ring (bicyclic) bond motifs is 1. The van der Waals surface area contributed by atoms with Crippen LogP contribution in [0.2, 0.25) is 5.02 Å². The topological polar surface area (TPSA) is 46.6 Å². The summed E-state index contributed by atoms with van der Waals surface area (Å²) in [6.07, 6.45) is 2.69. The van der Waals surface area contributed by atoms with Gasteiger partial charge in [0.2, 0.25) is 5.91 Å². The summed E-state index contributed by atoms with van der Waals surface area (Å²) < 4.78 is 4.83. The molecular weight excluding hydrogens is 278 g/mol. The van der Waals surface area contributed by atoms with Crippen LogP contribution in [0.1, 0.15) is 36.4 Å². The number of rotatable bonds is 2.